The van der Waals surface area contributed by atoms with Gasteiger partial charge in [0.1, 0.15) is 0 Å². The highest BCUT2D eigenvalue weighted by Crippen LogP contribution is 2.37. The molecule has 0 radical (unpaired) electrons. The molecule has 2 aromatic carbocycles. The standard InChI is InChI=1S/C24H25ClN2O4S2/c1-31-15-14-26(33(29,30)20-9-7-19(25)8-10-20)17-23(28)27-13-11-22-21(12-16-32-22)24(27)18-5-3-2-4-6-18/h2-10,12,16,24H,11,13-15,17H2,1H3. The van der Waals surface area contributed by atoms with E-state index in [1.54, 1.807) is 16.2 Å². The first-order valence-corrected chi connectivity index (χ1v) is 13.3. The summed E-state index contributed by atoms with van der Waals surface area (Å²) >= 11 is 7.62. The van der Waals surface area contributed by atoms with Crippen molar-refractivity contribution in [2.45, 2.75) is 17.4 Å². The lowest BCUT2D eigenvalue weighted by atomic mass is 9.93. The van der Waals surface area contributed by atoms with Gasteiger partial charge in [0.15, 0.2) is 0 Å². The molecule has 0 bridgehead atoms. The van der Waals surface area contributed by atoms with E-state index < -0.39 is 10.0 Å². The fourth-order valence-corrected chi connectivity index (χ4v) is 6.46. The van der Waals surface area contributed by atoms with Gasteiger partial charge in [0.05, 0.1) is 24.1 Å². The smallest absolute Gasteiger partial charge is 0.243 e. The maximum absolute atomic E-state index is 13.6. The summed E-state index contributed by atoms with van der Waals surface area (Å²) in [6, 6.07) is 17.6. The molecule has 0 saturated heterocycles. The van der Waals surface area contributed by atoms with Gasteiger partial charge in [-0.3, -0.25) is 4.79 Å². The maximum atomic E-state index is 13.6. The Morgan fingerprint density at radius 1 is 1.15 bits per heavy atom. The van der Waals surface area contributed by atoms with Crippen LogP contribution in [0.25, 0.3) is 0 Å². The van der Waals surface area contributed by atoms with Crippen LogP contribution in [0.2, 0.25) is 5.02 Å². The van der Waals surface area contributed by atoms with Gasteiger partial charge in [-0.1, -0.05) is 41.9 Å². The number of hydrogen-bond acceptors (Lipinski definition) is 5. The van der Waals surface area contributed by atoms with E-state index in [0.717, 1.165) is 17.5 Å². The molecular weight excluding hydrogens is 480 g/mol. The highest BCUT2D eigenvalue weighted by molar-refractivity contribution is 7.89. The summed E-state index contributed by atoms with van der Waals surface area (Å²) in [7, 11) is -2.40. The van der Waals surface area contributed by atoms with E-state index in [1.807, 2.05) is 35.7 Å². The highest BCUT2D eigenvalue weighted by Gasteiger charge is 2.35. The van der Waals surface area contributed by atoms with Crippen LogP contribution < -0.4 is 0 Å². The lowest BCUT2D eigenvalue weighted by molar-refractivity contribution is -0.133. The molecule has 1 unspecified atom stereocenters. The van der Waals surface area contributed by atoms with Crippen molar-refractivity contribution in [3.05, 3.63) is 87.1 Å². The Bertz CT molecular complexity index is 1200. The number of methoxy groups -OCH3 is 1. The molecule has 2 heterocycles. The lowest BCUT2D eigenvalue weighted by Crippen LogP contribution is -2.47. The average Bonchev–Trinajstić information content (AvgIpc) is 3.30. The number of nitrogens with zero attached hydrogens (tertiary/aromatic N) is 2. The number of ether oxygens (including phenoxy) is 1. The minimum Gasteiger partial charge on any atom is -0.383 e. The quantitative estimate of drug-likeness (QED) is 0.461. The molecule has 0 aliphatic carbocycles. The Labute approximate surface area is 203 Å². The van der Waals surface area contributed by atoms with E-state index in [0.29, 0.717) is 11.6 Å². The van der Waals surface area contributed by atoms with Crippen molar-refractivity contribution in [3.63, 3.8) is 0 Å². The van der Waals surface area contributed by atoms with E-state index >= 15 is 0 Å². The highest BCUT2D eigenvalue weighted by atomic mass is 35.5. The van der Waals surface area contributed by atoms with E-state index in [9.17, 15) is 13.2 Å². The molecule has 1 atom stereocenters. The van der Waals surface area contributed by atoms with Gasteiger partial charge in [-0.15, -0.1) is 11.3 Å². The molecule has 0 saturated carbocycles. The molecule has 1 amide bonds. The number of amides is 1. The molecule has 33 heavy (non-hydrogen) atoms. The Balaban J connectivity index is 1.64. The number of benzene rings is 2. The Morgan fingerprint density at radius 3 is 2.58 bits per heavy atom. The fraction of sp³-hybridized carbons (Fsp3) is 0.292. The summed E-state index contributed by atoms with van der Waals surface area (Å²) in [6.07, 6.45) is 0.754. The predicted molar refractivity (Wildman–Crippen MR) is 130 cm³/mol. The van der Waals surface area contributed by atoms with Gasteiger partial charge in [-0.05, 0) is 53.3 Å². The van der Waals surface area contributed by atoms with E-state index in [2.05, 4.69) is 6.07 Å². The van der Waals surface area contributed by atoms with Gasteiger partial charge in [0.2, 0.25) is 15.9 Å². The van der Waals surface area contributed by atoms with Crippen molar-refractivity contribution in [3.8, 4) is 0 Å². The molecule has 4 rings (SSSR count). The van der Waals surface area contributed by atoms with E-state index in [1.165, 1.54) is 40.6 Å². The number of sulfonamides is 1. The predicted octanol–water partition coefficient (Wildman–Crippen LogP) is 4.21. The lowest BCUT2D eigenvalue weighted by Gasteiger charge is -2.37. The average molecular weight is 505 g/mol. The Morgan fingerprint density at radius 2 is 1.88 bits per heavy atom. The molecule has 0 fully saturated rings. The first kappa shape index (κ1) is 23.9. The molecular formula is C24H25ClN2O4S2. The zero-order chi connectivity index (χ0) is 23.4. The van der Waals surface area contributed by atoms with Crippen molar-refractivity contribution in [1.29, 1.82) is 0 Å². The zero-order valence-electron chi connectivity index (χ0n) is 18.2. The topological polar surface area (TPSA) is 66.9 Å². The molecule has 9 heteroatoms. The van der Waals surface area contributed by atoms with Gasteiger partial charge >= 0.3 is 0 Å². The number of carbonyl (C=O) groups excluding carboxylic acids is 1. The maximum Gasteiger partial charge on any atom is 0.243 e. The molecule has 0 N–H and O–H groups in total. The van der Waals surface area contributed by atoms with Crippen molar-refractivity contribution in [2.24, 2.45) is 0 Å². The SMILES string of the molecule is COCCN(CC(=O)N1CCc2sccc2C1c1ccccc1)S(=O)(=O)c1ccc(Cl)cc1. The fourth-order valence-electron chi connectivity index (χ4n) is 4.05. The number of carbonyl (C=O) groups is 1. The van der Waals surface area contributed by atoms with Crippen LogP contribution in [-0.2, 0) is 26.0 Å². The van der Waals surface area contributed by atoms with Crippen molar-refractivity contribution >= 4 is 38.9 Å². The second-order valence-corrected chi connectivity index (χ2v) is 11.1. The van der Waals surface area contributed by atoms with Gasteiger partial charge in [-0.2, -0.15) is 4.31 Å². The Hall–Kier alpha value is -2.23. The molecule has 174 valence electrons. The van der Waals surface area contributed by atoms with Crippen LogP contribution in [0.3, 0.4) is 0 Å². The number of thiophene rings is 1. The molecule has 6 nitrogen and oxygen atoms in total. The number of fused-ring (bicyclic) bond motifs is 1. The second-order valence-electron chi connectivity index (χ2n) is 7.73. The van der Waals surface area contributed by atoms with Crippen LogP contribution in [0.5, 0.6) is 0 Å². The zero-order valence-corrected chi connectivity index (χ0v) is 20.6. The first-order chi connectivity index (χ1) is 15.9. The molecule has 1 aliphatic rings. The molecule has 3 aromatic rings. The number of halogens is 1. The summed E-state index contributed by atoms with van der Waals surface area (Å²) < 4.78 is 33.0. The molecule has 1 aromatic heterocycles. The minimum absolute atomic E-state index is 0.0702. The summed E-state index contributed by atoms with van der Waals surface area (Å²) in [5.41, 5.74) is 2.11. The third-order valence-corrected chi connectivity index (χ3v) is 8.82. The van der Waals surface area contributed by atoms with E-state index in [4.69, 9.17) is 16.3 Å². The summed E-state index contributed by atoms with van der Waals surface area (Å²) in [4.78, 5) is 16.7. The summed E-state index contributed by atoms with van der Waals surface area (Å²) in [6.45, 7) is 0.514. The molecule has 1 aliphatic heterocycles. The summed E-state index contributed by atoms with van der Waals surface area (Å²) in [5.74, 6) is -0.241. The third-order valence-electron chi connectivity index (χ3n) is 5.71. The molecule has 0 spiro atoms. The summed E-state index contributed by atoms with van der Waals surface area (Å²) in [5, 5.41) is 2.49. The minimum atomic E-state index is -3.91. The van der Waals surface area contributed by atoms with Crippen LogP contribution in [0, 0.1) is 0 Å². The normalized spacial score (nSPS) is 16.1. The van der Waals surface area contributed by atoms with Crippen LogP contribution in [-0.4, -0.2) is 56.9 Å². The van der Waals surface area contributed by atoms with Gasteiger partial charge < -0.3 is 9.64 Å². The van der Waals surface area contributed by atoms with Gasteiger partial charge in [-0.25, -0.2) is 8.42 Å². The second kappa shape index (κ2) is 10.4. The largest absolute Gasteiger partial charge is 0.383 e. The van der Waals surface area contributed by atoms with Crippen LogP contribution in [0.15, 0.2) is 70.9 Å². The first-order valence-electron chi connectivity index (χ1n) is 10.6. The monoisotopic (exact) mass is 504 g/mol. The number of rotatable bonds is 8. The third kappa shape index (κ3) is 5.15. The van der Waals surface area contributed by atoms with Crippen LogP contribution in [0.1, 0.15) is 22.0 Å². The van der Waals surface area contributed by atoms with E-state index in [-0.39, 0.29) is 36.5 Å². The number of hydrogen-bond donors (Lipinski definition) is 0. The van der Waals surface area contributed by atoms with Crippen molar-refractivity contribution < 1.29 is 17.9 Å². The van der Waals surface area contributed by atoms with Crippen LogP contribution >= 0.6 is 22.9 Å². The van der Waals surface area contributed by atoms with Gasteiger partial charge in [0.25, 0.3) is 0 Å². The van der Waals surface area contributed by atoms with Crippen molar-refractivity contribution in [1.82, 2.24) is 9.21 Å². The Kier molecular flexibility index (Phi) is 7.51. The van der Waals surface area contributed by atoms with Crippen molar-refractivity contribution in [2.75, 3.05) is 33.4 Å². The van der Waals surface area contributed by atoms with Gasteiger partial charge in [0, 0.05) is 30.1 Å². The van der Waals surface area contributed by atoms with Crippen LogP contribution in [0.4, 0.5) is 0 Å².